The van der Waals surface area contributed by atoms with Crippen molar-refractivity contribution in [3.63, 3.8) is 0 Å². The molecule has 1 amide bonds. The number of hydrogen-bond acceptors (Lipinski definition) is 2. The van der Waals surface area contributed by atoms with Crippen LogP contribution >= 0.6 is 0 Å². The summed E-state index contributed by atoms with van der Waals surface area (Å²) in [5.41, 5.74) is 0.598. The van der Waals surface area contributed by atoms with Crippen LogP contribution in [0.2, 0.25) is 0 Å². The fourth-order valence-electron chi connectivity index (χ4n) is 3.70. The highest BCUT2D eigenvalue weighted by atomic mass is 16.3. The zero-order valence-corrected chi connectivity index (χ0v) is 11.3. The highest BCUT2D eigenvalue weighted by molar-refractivity contribution is 5.92. The molecule has 2 fully saturated rings. The van der Waals surface area contributed by atoms with Crippen LogP contribution in [0.5, 0.6) is 0 Å². The van der Waals surface area contributed by atoms with Gasteiger partial charge in [0.05, 0.1) is 0 Å². The Labute approximate surface area is 110 Å². The average molecular weight is 251 g/mol. The molecular formula is C15H25NO2. The Hall–Kier alpha value is -0.830. The molecule has 102 valence electrons. The lowest BCUT2D eigenvalue weighted by molar-refractivity contribution is -0.119. The van der Waals surface area contributed by atoms with Gasteiger partial charge in [-0.05, 0) is 50.4 Å². The predicted octanol–water partition coefficient (Wildman–Crippen LogP) is 2.26. The second-order valence-corrected chi connectivity index (χ2v) is 6.08. The molecule has 3 nitrogen and oxygen atoms in total. The highest BCUT2D eigenvalue weighted by Crippen LogP contribution is 2.42. The molecule has 0 aromatic carbocycles. The summed E-state index contributed by atoms with van der Waals surface area (Å²) < 4.78 is 0. The zero-order valence-electron chi connectivity index (χ0n) is 11.3. The second kappa shape index (κ2) is 5.87. The van der Waals surface area contributed by atoms with Crippen molar-refractivity contribution in [1.29, 1.82) is 0 Å². The molecule has 0 aromatic rings. The van der Waals surface area contributed by atoms with E-state index in [1.807, 2.05) is 0 Å². The van der Waals surface area contributed by atoms with Gasteiger partial charge in [-0.3, -0.25) is 4.79 Å². The van der Waals surface area contributed by atoms with E-state index in [-0.39, 0.29) is 5.91 Å². The van der Waals surface area contributed by atoms with Crippen molar-refractivity contribution in [3.05, 3.63) is 12.2 Å². The Kier molecular flexibility index (Phi) is 4.44. The highest BCUT2D eigenvalue weighted by Gasteiger charge is 2.38. The molecule has 18 heavy (non-hydrogen) atoms. The molecule has 3 heteroatoms. The molecular weight excluding hydrogens is 226 g/mol. The van der Waals surface area contributed by atoms with Crippen LogP contribution in [0.25, 0.3) is 0 Å². The maximum Gasteiger partial charge on any atom is 0.246 e. The van der Waals surface area contributed by atoms with Gasteiger partial charge in [0.1, 0.15) is 0 Å². The van der Waals surface area contributed by atoms with Crippen LogP contribution in [0, 0.1) is 17.8 Å². The lowest BCUT2D eigenvalue weighted by atomic mass is 9.65. The van der Waals surface area contributed by atoms with Gasteiger partial charge in [0.25, 0.3) is 0 Å². The summed E-state index contributed by atoms with van der Waals surface area (Å²) in [7, 11) is 0. The second-order valence-electron chi connectivity index (χ2n) is 6.08. The van der Waals surface area contributed by atoms with E-state index < -0.39 is 0 Å². The van der Waals surface area contributed by atoms with E-state index in [0.29, 0.717) is 36.0 Å². The molecule has 0 aromatic heterocycles. The first-order valence-electron chi connectivity index (χ1n) is 7.19. The molecule has 2 saturated carbocycles. The van der Waals surface area contributed by atoms with Gasteiger partial charge in [0.15, 0.2) is 0 Å². The van der Waals surface area contributed by atoms with Crippen LogP contribution in [-0.4, -0.2) is 23.7 Å². The van der Waals surface area contributed by atoms with Crippen LogP contribution in [0.3, 0.4) is 0 Å². The van der Waals surface area contributed by atoms with Gasteiger partial charge >= 0.3 is 0 Å². The summed E-state index contributed by atoms with van der Waals surface area (Å²) in [5.74, 6) is 1.80. The molecule has 4 unspecified atom stereocenters. The van der Waals surface area contributed by atoms with E-state index in [4.69, 9.17) is 0 Å². The standard InChI is InChI=1S/C15H25NO2/c1-10(2)15(18)16-14-5-3-4-12-8-11(9-17)6-7-13(12)14/h11-14,17H,1,3-9H2,2H3,(H,16,18). The number of rotatable bonds is 3. The van der Waals surface area contributed by atoms with E-state index >= 15 is 0 Å². The van der Waals surface area contributed by atoms with Crippen LogP contribution in [0.15, 0.2) is 12.2 Å². The molecule has 2 rings (SSSR count). The number of hydrogen-bond donors (Lipinski definition) is 2. The molecule has 0 heterocycles. The van der Waals surface area contributed by atoms with Gasteiger partial charge in [-0.25, -0.2) is 0 Å². The summed E-state index contributed by atoms with van der Waals surface area (Å²) in [6, 6.07) is 0.326. The SMILES string of the molecule is C=C(C)C(=O)NC1CCCC2CC(CO)CCC21. The molecule has 0 spiro atoms. The number of nitrogens with one attached hydrogen (secondary N) is 1. The number of carbonyl (C=O) groups excluding carboxylic acids is 1. The number of aliphatic hydroxyl groups is 1. The van der Waals surface area contributed by atoms with Gasteiger partial charge in [-0.2, -0.15) is 0 Å². The molecule has 2 aliphatic carbocycles. The van der Waals surface area contributed by atoms with E-state index in [9.17, 15) is 9.90 Å². The van der Waals surface area contributed by atoms with Crippen LogP contribution in [0.4, 0.5) is 0 Å². The van der Waals surface area contributed by atoms with Gasteiger partial charge < -0.3 is 10.4 Å². The molecule has 0 saturated heterocycles. The van der Waals surface area contributed by atoms with Crippen molar-refractivity contribution in [2.45, 2.75) is 51.5 Å². The predicted molar refractivity (Wildman–Crippen MR) is 72.0 cm³/mol. The van der Waals surface area contributed by atoms with E-state index in [1.54, 1.807) is 6.92 Å². The Morgan fingerprint density at radius 3 is 2.78 bits per heavy atom. The Bertz CT molecular complexity index is 326. The van der Waals surface area contributed by atoms with E-state index in [1.165, 1.54) is 12.8 Å². The summed E-state index contributed by atoms with van der Waals surface area (Å²) in [4.78, 5) is 11.8. The third kappa shape index (κ3) is 2.94. The number of carbonyl (C=O) groups is 1. The Morgan fingerprint density at radius 2 is 2.11 bits per heavy atom. The van der Waals surface area contributed by atoms with Crippen molar-refractivity contribution >= 4 is 5.91 Å². The Morgan fingerprint density at radius 1 is 1.33 bits per heavy atom. The monoisotopic (exact) mass is 251 g/mol. The van der Waals surface area contributed by atoms with Crippen LogP contribution < -0.4 is 5.32 Å². The minimum absolute atomic E-state index is 0.00457. The molecule has 2 aliphatic rings. The van der Waals surface area contributed by atoms with E-state index in [0.717, 1.165) is 25.7 Å². The van der Waals surface area contributed by atoms with Crippen molar-refractivity contribution < 1.29 is 9.90 Å². The zero-order chi connectivity index (χ0) is 13.1. The fraction of sp³-hybridized carbons (Fsp3) is 0.800. The lowest BCUT2D eigenvalue weighted by Crippen LogP contribution is -2.47. The smallest absolute Gasteiger partial charge is 0.246 e. The quantitative estimate of drug-likeness (QED) is 0.756. The summed E-state index contributed by atoms with van der Waals surface area (Å²) in [6.45, 7) is 5.79. The van der Waals surface area contributed by atoms with E-state index in [2.05, 4.69) is 11.9 Å². The van der Waals surface area contributed by atoms with Gasteiger partial charge in [0.2, 0.25) is 5.91 Å². The molecule has 0 bridgehead atoms. The first kappa shape index (κ1) is 13.6. The normalized spacial score (nSPS) is 35.7. The maximum absolute atomic E-state index is 11.8. The minimum atomic E-state index is 0.00457. The van der Waals surface area contributed by atoms with Crippen molar-refractivity contribution in [2.75, 3.05) is 6.61 Å². The van der Waals surface area contributed by atoms with Gasteiger partial charge in [-0.1, -0.05) is 19.4 Å². The number of amides is 1. The van der Waals surface area contributed by atoms with Crippen LogP contribution in [-0.2, 0) is 4.79 Å². The Balaban J connectivity index is 1.96. The first-order chi connectivity index (χ1) is 8.61. The van der Waals surface area contributed by atoms with Crippen molar-refractivity contribution in [2.24, 2.45) is 17.8 Å². The molecule has 2 N–H and O–H groups in total. The average Bonchev–Trinajstić information content (AvgIpc) is 2.38. The third-order valence-electron chi connectivity index (χ3n) is 4.72. The molecule has 0 radical (unpaired) electrons. The first-order valence-corrected chi connectivity index (χ1v) is 7.19. The topological polar surface area (TPSA) is 49.3 Å². The minimum Gasteiger partial charge on any atom is -0.396 e. The number of aliphatic hydroxyl groups excluding tert-OH is 1. The number of fused-ring (bicyclic) bond motifs is 1. The summed E-state index contributed by atoms with van der Waals surface area (Å²) in [6.07, 6.45) is 6.96. The van der Waals surface area contributed by atoms with Crippen molar-refractivity contribution in [1.82, 2.24) is 5.32 Å². The molecule has 4 atom stereocenters. The van der Waals surface area contributed by atoms with Crippen LogP contribution in [0.1, 0.15) is 45.4 Å². The van der Waals surface area contributed by atoms with Gasteiger partial charge in [-0.15, -0.1) is 0 Å². The summed E-state index contributed by atoms with van der Waals surface area (Å²) in [5, 5.41) is 12.4. The van der Waals surface area contributed by atoms with Gasteiger partial charge in [0, 0.05) is 18.2 Å². The fourth-order valence-corrected chi connectivity index (χ4v) is 3.70. The largest absolute Gasteiger partial charge is 0.396 e. The lowest BCUT2D eigenvalue weighted by Gasteiger charge is -2.43. The maximum atomic E-state index is 11.8. The summed E-state index contributed by atoms with van der Waals surface area (Å²) >= 11 is 0. The third-order valence-corrected chi connectivity index (χ3v) is 4.72. The molecule has 0 aliphatic heterocycles. The van der Waals surface area contributed by atoms with Crippen molar-refractivity contribution in [3.8, 4) is 0 Å².